The number of carbonyl (C=O) groups excluding carboxylic acids is 1. The van der Waals surface area contributed by atoms with E-state index in [-0.39, 0.29) is 11.7 Å². The molecular formula is C9H14NO5S2-. The second-order valence-corrected chi connectivity index (χ2v) is 6.42. The Bertz CT molecular complexity index is 335. The van der Waals surface area contributed by atoms with Crippen LogP contribution in [0.15, 0.2) is 0 Å². The second-order valence-electron chi connectivity index (χ2n) is 3.92. The zero-order chi connectivity index (χ0) is 13.0. The molecule has 1 N–H and O–H groups in total. The van der Waals surface area contributed by atoms with E-state index in [0.29, 0.717) is 30.2 Å². The van der Waals surface area contributed by atoms with Crippen molar-refractivity contribution >= 4 is 32.8 Å². The third-order valence-electron chi connectivity index (χ3n) is 2.66. The summed E-state index contributed by atoms with van der Waals surface area (Å²) in [5.41, 5.74) is 0. The average molecular weight is 280 g/mol. The molecule has 0 saturated carbocycles. The Morgan fingerprint density at radius 2 is 2.29 bits per heavy atom. The van der Waals surface area contributed by atoms with Crippen molar-refractivity contribution in [1.29, 1.82) is 0 Å². The summed E-state index contributed by atoms with van der Waals surface area (Å²) in [7, 11) is -1.58. The van der Waals surface area contributed by atoms with E-state index in [4.69, 9.17) is 5.11 Å². The molecule has 1 unspecified atom stereocenters. The molecule has 0 aromatic carbocycles. The van der Waals surface area contributed by atoms with Gasteiger partial charge in [0.05, 0.1) is 0 Å². The predicted octanol–water partition coefficient (Wildman–Crippen LogP) is 0.225. The molecule has 0 radical (unpaired) electrons. The van der Waals surface area contributed by atoms with Gasteiger partial charge in [0.2, 0.25) is 5.91 Å². The lowest BCUT2D eigenvalue weighted by Gasteiger charge is -2.24. The molecule has 98 valence electrons. The van der Waals surface area contributed by atoms with Gasteiger partial charge in [-0.2, -0.15) is 0 Å². The quantitative estimate of drug-likeness (QED) is 0.571. The van der Waals surface area contributed by atoms with Crippen molar-refractivity contribution < 1.29 is 23.5 Å². The van der Waals surface area contributed by atoms with Crippen LogP contribution in [-0.4, -0.2) is 49.0 Å². The van der Waals surface area contributed by atoms with Gasteiger partial charge in [-0.05, 0) is 12.8 Å². The maximum absolute atomic E-state index is 11.9. The Kier molecular flexibility index (Phi) is 5.41. The normalized spacial score (nSPS) is 23.4. The van der Waals surface area contributed by atoms with Gasteiger partial charge in [0, 0.05) is 28.3 Å². The molecule has 1 amide bonds. The van der Waals surface area contributed by atoms with Crippen molar-refractivity contribution in [1.82, 2.24) is 4.90 Å². The van der Waals surface area contributed by atoms with E-state index in [1.807, 2.05) is 0 Å². The molecule has 0 aromatic heterocycles. The van der Waals surface area contributed by atoms with E-state index >= 15 is 0 Å². The molecule has 8 heteroatoms. The zero-order valence-electron chi connectivity index (χ0n) is 9.33. The largest absolute Gasteiger partial charge is 0.764 e. The fraction of sp³-hybridized carbons (Fsp3) is 0.778. The van der Waals surface area contributed by atoms with E-state index in [1.165, 1.54) is 4.90 Å². The van der Waals surface area contributed by atoms with Crippen LogP contribution in [0.25, 0.3) is 0 Å². The van der Waals surface area contributed by atoms with Crippen molar-refractivity contribution in [2.24, 2.45) is 5.92 Å². The summed E-state index contributed by atoms with van der Waals surface area (Å²) in [4.78, 5) is 24.2. The molecule has 1 rings (SSSR count). The van der Waals surface area contributed by atoms with E-state index in [1.54, 1.807) is 6.92 Å². The van der Waals surface area contributed by atoms with Crippen molar-refractivity contribution in [3.8, 4) is 0 Å². The first-order chi connectivity index (χ1) is 7.93. The summed E-state index contributed by atoms with van der Waals surface area (Å²) in [6.07, 6.45) is 1.14. The topological polar surface area (TPSA) is 97.7 Å². The highest BCUT2D eigenvalue weighted by molar-refractivity contribution is 8.67. The third-order valence-corrected chi connectivity index (χ3v) is 4.47. The van der Waals surface area contributed by atoms with Crippen LogP contribution in [0.3, 0.4) is 0 Å². The molecule has 0 bridgehead atoms. The van der Waals surface area contributed by atoms with Crippen LogP contribution in [0.5, 0.6) is 0 Å². The summed E-state index contributed by atoms with van der Waals surface area (Å²) in [5.74, 6) is -1.62. The van der Waals surface area contributed by atoms with Gasteiger partial charge < -0.3 is 14.6 Å². The molecular weight excluding hydrogens is 266 g/mol. The molecule has 1 heterocycles. The van der Waals surface area contributed by atoms with Crippen molar-refractivity contribution in [2.75, 3.05) is 12.3 Å². The van der Waals surface area contributed by atoms with Gasteiger partial charge in [0.15, 0.2) is 0 Å². The maximum Gasteiger partial charge on any atom is 0.326 e. The Morgan fingerprint density at radius 3 is 2.82 bits per heavy atom. The fourth-order valence-corrected chi connectivity index (χ4v) is 3.20. The van der Waals surface area contributed by atoms with Crippen molar-refractivity contribution in [3.05, 3.63) is 0 Å². The van der Waals surface area contributed by atoms with Gasteiger partial charge in [0.1, 0.15) is 6.04 Å². The number of carbonyl (C=O) groups is 2. The number of carboxylic acids is 1. The molecule has 1 aliphatic heterocycles. The van der Waals surface area contributed by atoms with Gasteiger partial charge in [-0.25, -0.2) is 4.79 Å². The Morgan fingerprint density at radius 1 is 1.65 bits per heavy atom. The monoisotopic (exact) mass is 280 g/mol. The lowest BCUT2D eigenvalue weighted by atomic mass is 10.1. The number of hydrogen-bond donors (Lipinski definition) is 1. The molecule has 1 fully saturated rings. The number of rotatable bonds is 5. The summed E-state index contributed by atoms with van der Waals surface area (Å²) in [5, 5.41) is 8.93. The standard InChI is InChI=1S/C9H15NO5S2/c1-6(5-16-17(14)15)8(11)10-4-2-3-7(10)9(12)13/h6-7H,2-5H2,1H3,(H,12,13)(H,14,15)/p-1/t6-,7+/m1/s1. The summed E-state index contributed by atoms with van der Waals surface area (Å²) < 4.78 is 20.7. The number of likely N-dealkylation sites (tertiary alicyclic amines) is 1. The Balaban J connectivity index is 2.56. The van der Waals surface area contributed by atoms with Gasteiger partial charge in [-0.1, -0.05) is 17.7 Å². The number of carboxylic acid groups (broad SMARTS) is 1. The second kappa shape index (κ2) is 6.36. The van der Waals surface area contributed by atoms with Crippen LogP contribution in [0.2, 0.25) is 0 Å². The molecule has 1 aliphatic rings. The van der Waals surface area contributed by atoms with E-state index in [0.717, 1.165) is 0 Å². The number of hydrogen-bond acceptors (Lipinski definition) is 5. The minimum Gasteiger partial charge on any atom is -0.764 e. The smallest absolute Gasteiger partial charge is 0.326 e. The summed E-state index contributed by atoms with van der Waals surface area (Å²) >= 11 is 0. The first-order valence-corrected chi connectivity index (χ1v) is 7.77. The van der Waals surface area contributed by atoms with Crippen molar-refractivity contribution in [3.63, 3.8) is 0 Å². The highest BCUT2D eigenvalue weighted by Gasteiger charge is 2.35. The molecule has 17 heavy (non-hydrogen) atoms. The van der Waals surface area contributed by atoms with Gasteiger partial charge in [0.25, 0.3) is 0 Å². The van der Waals surface area contributed by atoms with Crippen LogP contribution < -0.4 is 0 Å². The lowest BCUT2D eigenvalue weighted by Crippen LogP contribution is -2.43. The van der Waals surface area contributed by atoms with Crippen LogP contribution in [0, 0.1) is 5.92 Å². The van der Waals surface area contributed by atoms with Crippen LogP contribution in [-0.2, 0) is 19.7 Å². The first kappa shape index (κ1) is 14.5. The average Bonchev–Trinajstić information content (AvgIpc) is 2.73. The molecule has 0 aliphatic carbocycles. The molecule has 0 spiro atoms. The molecule has 3 atom stereocenters. The SMILES string of the molecule is C[C@H](CSS(=O)[O-])C(=O)N1CCC[C@H]1C(=O)O. The van der Waals surface area contributed by atoms with E-state index in [9.17, 15) is 18.4 Å². The summed E-state index contributed by atoms with van der Waals surface area (Å²) in [6.45, 7) is 2.05. The third kappa shape index (κ3) is 3.97. The molecule has 6 nitrogen and oxygen atoms in total. The highest BCUT2D eigenvalue weighted by Crippen LogP contribution is 2.22. The highest BCUT2D eigenvalue weighted by atomic mass is 33.1. The zero-order valence-corrected chi connectivity index (χ0v) is 11.0. The minimum absolute atomic E-state index is 0.151. The van der Waals surface area contributed by atoms with Crippen molar-refractivity contribution in [2.45, 2.75) is 25.8 Å². The number of amides is 1. The predicted molar refractivity (Wildman–Crippen MR) is 62.9 cm³/mol. The van der Waals surface area contributed by atoms with Crippen LogP contribution >= 0.6 is 10.8 Å². The minimum atomic E-state index is -2.24. The van der Waals surface area contributed by atoms with E-state index in [2.05, 4.69) is 0 Å². The van der Waals surface area contributed by atoms with E-state index < -0.39 is 28.0 Å². The lowest BCUT2D eigenvalue weighted by molar-refractivity contribution is -0.149. The van der Waals surface area contributed by atoms with Crippen LogP contribution in [0.1, 0.15) is 19.8 Å². The van der Waals surface area contributed by atoms with Gasteiger partial charge >= 0.3 is 5.97 Å². The Labute approximate surface area is 105 Å². The van der Waals surface area contributed by atoms with Gasteiger partial charge in [-0.3, -0.25) is 9.00 Å². The first-order valence-electron chi connectivity index (χ1n) is 5.19. The summed E-state index contributed by atoms with van der Waals surface area (Å²) in [6, 6.07) is -0.757. The maximum atomic E-state index is 11.9. The van der Waals surface area contributed by atoms with Crippen LogP contribution in [0.4, 0.5) is 0 Å². The number of aliphatic carboxylic acids is 1. The van der Waals surface area contributed by atoms with Gasteiger partial charge in [-0.15, -0.1) is 0 Å². The number of nitrogens with zero attached hydrogens (tertiary/aromatic N) is 1. The molecule has 1 saturated heterocycles. The fourth-order valence-electron chi connectivity index (χ4n) is 1.80. The molecule has 0 aromatic rings. The Hall–Kier alpha value is -0.600.